The molecule has 0 fully saturated rings. The lowest BCUT2D eigenvalue weighted by atomic mass is 10.2. The average Bonchev–Trinajstić information content (AvgIpc) is 1.99. The minimum absolute atomic E-state index is 0.619. The van der Waals surface area contributed by atoms with Gasteiger partial charge in [0.2, 0.25) is 0 Å². The third kappa shape index (κ3) is 2.47. The Bertz CT molecular complexity index is 252. The fourth-order valence-electron chi connectivity index (χ4n) is 0.685. The Kier molecular flexibility index (Phi) is 3.95. The Balaban J connectivity index is 3.21. The standard InChI is InChI=1S/C7H4BrCl2I/c8-3-4-1-5(9)7(10)6(11)2-4/h1-2H,3H2. The summed E-state index contributed by atoms with van der Waals surface area (Å²) in [5.41, 5.74) is 1.14. The number of rotatable bonds is 1. The molecular formula is C7H4BrCl2I. The lowest BCUT2D eigenvalue weighted by Gasteiger charge is -2.01. The van der Waals surface area contributed by atoms with E-state index in [1.165, 1.54) is 0 Å². The van der Waals surface area contributed by atoms with Crippen molar-refractivity contribution in [2.24, 2.45) is 0 Å². The van der Waals surface area contributed by atoms with Crippen LogP contribution < -0.4 is 0 Å². The van der Waals surface area contributed by atoms with Crippen molar-refractivity contribution >= 4 is 61.7 Å². The van der Waals surface area contributed by atoms with E-state index < -0.39 is 0 Å². The predicted molar refractivity (Wildman–Crippen MR) is 61.8 cm³/mol. The topological polar surface area (TPSA) is 0 Å². The molecule has 0 aliphatic heterocycles. The van der Waals surface area contributed by atoms with Crippen molar-refractivity contribution in [3.8, 4) is 0 Å². The van der Waals surface area contributed by atoms with Gasteiger partial charge in [0.25, 0.3) is 0 Å². The molecule has 0 bridgehead atoms. The van der Waals surface area contributed by atoms with Crippen LogP contribution in [0.3, 0.4) is 0 Å². The molecule has 0 aliphatic carbocycles. The van der Waals surface area contributed by atoms with Crippen molar-refractivity contribution in [2.75, 3.05) is 0 Å². The van der Waals surface area contributed by atoms with E-state index in [2.05, 4.69) is 38.5 Å². The summed E-state index contributed by atoms with van der Waals surface area (Å²) in [4.78, 5) is 0. The molecule has 11 heavy (non-hydrogen) atoms. The highest BCUT2D eigenvalue weighted by Gasteiger charge is 2.03. The first-order valence-electron chi connectivity index (χ1n) is 2.84. The fraction of sp³-hybridized carbons (Fsp3) is 0.143. The molecule has 1 rings (SSSR count). The highest BCUT2D eigenvalue weighted by atomic mass is 127. The number of hydrogen-bond donors (Lipinski definition) is 0. The van der Waals surface area contributed by atoms with Crippen LogP contribution in [0.5, 0.6) is 0 Å². The zero-order valence-corrected chi connectivity index (χ0v) is 10.6. The summed E-state index contributed by atoms with van der Waals surface area (Å²) in [6.45, 7) is 0. The zero-order valence-electron chi connectivity index (χ0n) is 5.37. The van der Waals surface area contributed by atoms with Gasteiger partial charge >= 0.3 is 0 Å². The molecule has 1 aromatic rings. The van der Waals surface area contributed by atoms with Crippen molar-refractivity contribution in [3.63, 3.8) is 0 Å². The quantitative estimate of drug-likeness (QED) is 0.391. The number of alkyl halides is 1. The van der Waals surface area contributed by atoms with Crippen molar-refractivity contribution < 1.29 is 0 Å². The van der Waals surface area contributed by atoms with E-state index in [1.54, 1.807) is 0 Å². The van der Waals surface area contributed by atoms with E-state index in [1.807, 2.05) is 12.1 Å². The summed E-state index contributed by atoms with van der Waals surface area (Å²) in [6, 6.07) is 3.87. The maximum atomic E-state index is 5.85. The SMILES string of the molecule is Clc1cc(CBr)cc(I)c1Cl. The molecule has 60 valence electrons. The van der Waals surface area contributed by atoms with Crippen LogP contribution in [0.2, 0.25) is 10.0 Å². The van der Waals surface area contributed by atoms with Gasteiger partial charge in [0.15, 0.2) is 0 Å². The Morgan fingerprint density at radius 2 is 2.00 bits per heavy atom. The van der Waals surface area contributed by atoms with E-state index in [0.29, 0.717) is 10.0 Å². The largest absolute Gasteiger partial charge is 0.0876 e. The lowest BCUT2D eigenvalue weighted by Crippen LogP contribution is -1.82. The van der Waals surface area contributed by atoms with E-state index >= 15 is 0 Å². The Morgan fingerprint density at radius 3 is 2.45 bits per heavy atom. The van der Waals surface area contributed by atoms with Gasteiger partial charge in [-0.2, -0.15) is 0 Å². The summed E-state index contributed by atoms with van der Waals surface area (Å²) >= 11 is 17.2. The highest BCUT2D eigenvalue weighted by molar-refractivity contribution is 14.1. The highest BCUT2D eigenvalue weighted by Crippen LogP contribution is 2.29. The first-order chi connectivity index (χ1) is 5.15. The van der Waals surface area contributed by atoms with E-state index in [-0.39, 0.29) is 0 Å². The molecular weight excluding hydrogens is 362 g/mol. The molecule has 0 aliphatic rings. The van der Waals surface area contributed by atoms with Gasteiger partial charge in [-0.05, 0) is 40.3 Å². The van der Waals surface area contributed by atoms with Gasteiger partial charge in [-0.1, -0.05) is 39.1 Å². The first-order valence-corrected chi connectivity index (χ1v) is 5.80. The molecule has 0 saturated carbocycles. The second kappa shape index (κ2) is 4.30. The van der Waals surface area contributed by atoms with Gasteiger partial charge in [-0.3, -0.25) is 0 Å². The maximum absolute atomic E-state index is 5.85. The predicted octanol–water partition coefficient (Wildman–Crippen LogP) is 4.49. The van der Waals surface area contributed by atoms with Crippen LogP contribution in [0, 0.1) is 3.57 Å². The van der Waals surface area contributed by atoms with E-state index in [0.717, 1.165) is 14.5 Å². The molecule has 0 unspecified atom stereocenters. The molecule has 1 aromatic carbocycles. The minimum atomic E-state index is 0.619. The molecule has 0 aromatic heterocycles. The second-order valence-electron chi connectivity index (χ2n) is 2.01. The summed E-state index contributed by atoms with van der Waals surface area (Å²) < 4.78 is 0.992. The van der Waals surface area contributed by atoms with Gasteiger partial charge in [0.1, 0.15) is 0 Å². The van der Waals surface area contributed by atoms with Crippen molar-refractivity contribution in [1.82, 2.24) is 0 Å². The Morgan fingerprint density at radius 1 is 1.36 bits per heavy atom. The first kappa shape index (κ1) is 10.1. The maximum Gasteiger partial charge on any atom is 0.0725 e. The fourth-order valence-corrected chi connectivity index (χ4v) is 2.21. The molecule has 0 saturated heterocycles. The van der Waals surface area contributed by atoms with Crippen LogP contribution in [0.1, 0.15) is 5.56 Å². The van der Waals surface area contributed by atoms with Crippen LogP contribution >= 0.6 is 61.7 Å². The van der Waals surface area contributed by atoms with Crippen molar-refractivity contribution in [3.05, 3.63) is 31.3 Å². The summed E-state index contributed by atoms with van der Waals surface area (Å²) in [5, 5.41) is 2.06. The van der Waals surface area contributed by atoms with Crippen LogP contribution in [0.25, 0.3) is 0 Å². The van der Waals surface area contributed by atoms with Gasteiger partial charge in [0, 0.05) is 8.90 Å². The molecule has 0 atom stereocenters. The Labute approximate surface area is 97.5 Å². The van der Waals surface area contributed by atoms with Crippen LogP contribution in [-0.4, -0.2) is 0 Å². The molecule has 0 nitrogen and oxygen atoms in total. The molecule has 0 spiro atoms. The molecule has 0 heterocycles. The van der Waals surface area contributed by atoms with Crippen LogP contribution in [0.4, 0.5) is 0 Å². The lowest BCUT2D eigenvalue weighted by molar-refractivity contribution is 1.42. The third-order valence-corrected chi connectivity index (χ3v) is 3.82. The molecule has 0 amide bonds. The summed E-state index contributed by atoms with van der Waals surface area (Å²) in [5.74, 6) is 0. The molecule has 4 heteroatoms. The molecule has 0 radical (unpaired) electrons. The molecule has 0 N–H and O–H groups in total. The smallest absolute Gasteiger partial charge is 0.0725 e. The van der Waals surface area contributed by atoms with Crippen LogP contribution in [-0.2, 0) is 5.33 Å². The van der Waals surface area contributed by atoms with Gasteiger partial charge in [-0.25, -0.2) is 0 Å². The normalized spacial score (nSPS) is 10.2. The monoisotopic (exact) mass is 364 g/mol. The van der Waals surface area contributed by atoms with Crippen molar-refractivity contribution in [2.45, 2.75) is 5.33 Å². The Hall–Kier alpha value is 1.01. The van der Waals surface area contributed by atoms with E-state index in [9.17, 15) is 0 Å². The average molecular weight is 366 g/mol. The second-order valence-corrected chi connectivity index (χ2v) is 4.52. The summed E-state index contributed by atoms with van der Waals surface area (Å²) in [7, 11) is 0. The number of hydrogen-bond acceptors (Lipinski definition) is 0. The van der Waals surface area contributed by atoms with Gasteiger partial charge in [0.05, 0.1) is 10.0 Å². The minimum Gasteiger partial charge on any atom is -0.0876 e. The van der Waals surface area contributed by atoms with Crippen LogP contribution in [0.15, 0.2) is 12.1 Å². The number of benzene rings is 1. The van der Waals surface area contributed by atoms with Crippen molar-refractivity contribution in [1.29, 1.82) is 0 Å². The van der Waals surface area contributed by atoms with Gasteiger partial charge in [-0.15, -0.1) is 0 Å². The van der Waals surface area contributed by atoms with Gasteiger partial charge < -0.3 is 0 Å². The third-order valence-electron chi connectivity index (χ3n) is 1.20. The summed E-state index contributed by atoms with van der Waals surface area (Å²) in [6.07, 6.45) is 0. The van der Waals surface area contributed by atoms with E-state index in [4.69, 9.17) is 23.2 Å². The zero-order chi connectivity index (χ0) is 8.43. The number of halogens is 4.